The van der Waals surface area contributed by atoms with E-state index < -0.39 is 11.6 Å². The lowest BCUT2D eigenvalue weighted by molar-refractivity contribution is 0.288. The molecule has 4 rings (SSSR count). The van der Waals surface area contributed by atoms with E-state index in [1.54, 1.807) is 12.3 Å². The highest BCUT2D eigenvalue weighted by Gasteiger charge is 2.11. The molecule has 2 heterocycles. The molecular formula is C22H17F2N3O2. The van der Waals surface area contributed by atoms with Crippen molar-refractivity contribution in [3.63, 3.8) is 0 Å². The van der Waals surface area contributed by atoms with E-state index in [1.165, 1.54) is 0 Å². The summed E-state index contributed by atoms with van der Waals surface area (Å²) in [4.78, 5) is 4.04. The molecule has 0 bridgehead atoms. The molecule has 0 aliphatic heterocycles. The summed E-state index contributed by atoms with van der Waals surface area (Å²) in [6.45, 7) is 0.134. The summed E-state index contributed by atoms with van der Waals surface area (Å²) >= 11 is 0. The Morgan fingerprint density at radius 2 is 1.76 bits per heavy atom. The van der Waals surface area contributed by atoms with Crippen LogP contribution in [0.25, 0.3) is 11.3 Å². The van der Waals surface area contributed by atoms with Crippen molar-refractivity contribution in [1.29, 1.82) is 0 Å². The lowest BCUT2D eigenvalue weighted by Gasteiger charge is -2.08. The number of hydrogen-bond acceptors (Lipinski definition) is 5. The number of hydrogen-bond donors (Lipinski definition) is 1. The van der Waals surface area contributed by atoms with Gasteiger partial charge in [0.1, 0.15) is 18.2 Å². The van der Waals surface area contributed by atoms with Gasteiger partial charge in [-0.05, 0) is 35.4 Å². The first kappa shape index (κ1) is 18.6. The minimum atomic E-state index is -0.598. The summed E-state index contributed by atoms with van der Waals surface area (Å²) in [6, 6.07) is 16.1. The third kappa shape index (κ3) is 4.40. The summed E-state index contributed by atoms with van der Waals surface area (Å²) < 4.78 is 37.5. The Balaban J connectivity index is 1.40. The zero-order valence-electron chi connectivity index (χ0n) is 15.3. The second-order valence-corrected chi connectivity index (χ2v) is 6.48. The predicted molar refractivity (Wildman–Crippen MR) is 104 cm³/mol. The van der Waals surface area contributed by atoms with Crippen molar-refractivity contribution in [2.45, 2.75) is 13.0 Å². The molecule has 0 aliphatic rings. The highest BCUT2D eigenvalue weighted by molar-refractivity contribution is 5.69. The van der Waals surface area contributed by atoms with Gasteiger partial charge in [-0.2, -0.15) is 0 Å². The van der Waals surface area contributed by atoms with Crippen LogP contribution < -0.4 is 10.5 Å². The summed E-state index contributed by atoms with van der Waals surface area (Å²) in [5.41, 5.74) is 9.17. The van der Waals surface area contributed by atoms with Crippen LogP contribution in [0.4, 0.5) is 14.6 Å². The van der Waals surface area contributed by atoms with E-state index in [-0.39, 0.29) is 12.4 Å². The van der Waals surface area contributed by atoms with Crippen LogP contribution in [-0.2, 0) is 13.0 Å². The Labute approximate surface area is 165 Å². The Morgan fingerprint density at radius 1 is 0.966 bits per heavy atom. The number of nitrogens with zero attached hydrogens (tertiary/aromatic N) is 2. The zero-order valence-corrected chi connectivity index (χ0v) is 15.3. The second-order valence-electron chi connectivity index (χ2n) is 6.48. The topological polar surface area (TPSA) is 74.2 Å². The summed E-state index contributed by atoms with van der Waals surface area (Å²) in [5.74, 6) is -0.309. The van der Waals surface area contributed by atoms with Gasteiger partial charge < -0.3 is 15.0 Å². The molecule has 5 nitrogen and oxygen atoms in total. The van der Waals surface area contributed by atoms with Crippen molar-refractivity contribution in [3.8, 4) is 17.1 Å². The van der Waals surface area contributed by atoms with Crippen LogP contribution in [0.3, 0.4) is 0 Å². The molecule has 0 aliphatic carbocycles. The average Bonchev–Trinajstić information content (AvgIpc) is 3.18. The lowest BCUT2D eigenvalue weighted by Crippen LogP contribution is -1.98. The third-order valence-corrected chi connectivity index (χ3v) is 4.36. The number of pyridine rings is 1. The van der Waals surface area contributed by atoms with Gasteiger partial charge >= 0.3 is 0 Å². The number of anilines is 1. The maximum Gasteiger partial charge on any atom is 0.170 e. The number of rotatable bonds is 6. The number of ether oxygens (including phenoxy) is 1. The maximum absolute atomic E-state index is 13.6. The molecule has 0 radical (unpaired) electrons. The normalized spacial score (nSPS) is 10.8. The maximum atomic E-state index is 13.6. The third-order valence-electron chi connectivity index (χ3n) is 4.36. The monoisotopic (exact) mass is 393 g/mol. The van der Waals surface area contributed by atoms with Crippen LogP contribution >= 0.6 is 0 Å². The zero-order chi connectivity index (χ0) is 20.2. The number of aromatic nitrogens is 2. The summed E-state index contributed by atoms with van der Waals surface area (Å²) in [7, 11) is 0. The van der Waals surface area contributed by atoms with Crippen molar-refractivity contribution < 1.29 is 18.0 Å². The number of benzene rings is 2. The largest absolute Gasteiger partial charge is 0.486 e. The second kappa shape index (κ2) is 8.10. The SMILES string of the molecule is Nc1ncccc1-c1cc(Cc2ccc(COc3cc(F)ccc3F)cc2)no1. The standard InChI is InChI=1S/C22H17F2N3O2/c23-16-7-8-19(24)21(11-16)28-13-15-5-3-14(4-6-15)10-17-12-20(29-27-17)18-2-1-9-26-22(18)25/h1-9,11-12H,10,13H2,(H2,25,26). The fourth-order valence-corrected chi connectivity index (χ4v) is 2.86. The van der Waals surface area contributed by atoms with Gasteiger partial charge in [-0.3, -0.25) is 0 Å². The molecule has 0 spiro atoms. The van der Waals surface area contributed by atoms with Gasteiger partial charge in [-0.25, -0.2) is 13.8 Å². The number of nitrogen functional groups attached to an aromatic ring is 1. The van der Waals surface area contributed by atoms with Crippen LogP contribution in [0.5, 0.6) is 5.75 Å². The van der Waals surface area contributed by atoms with Crippen LogP contribution in [0, 0.1) is 11.6 Å². The highest BCUT2D eigenvalue weighted by Crippen LogP contribution is 2.25. The molecule has 2 aromatic carbocycles. The van der Waals surface area contributed by atoms with Crippen molar-refractivity contribution in [1.82, 2.24) is 10.1 Å². The summed E-state index contributed by atoms with van der Waals surface area (Å²) in [6.07, 6.45) is 2.19. The van der Waals surface area contributed by atoms with Gasteiger partial charge in [0.05, 0.1) is 11.3 Å². The van der Waals surface area contributed by atoms with E-state index in [1.807, 2.05) is 36.4 Å². The van der Waals surface area contributed by atoms with Gasteiger partial charge in [0.15, 0.2) is 17.3 Å². The van der Waals surface area contributed by atoms with Gasteiger partial charge in [0, 0.05) is 24.8 Å². The van der Waals surface area contributed by atoms with Gasteiger partial charge in [0.25, 0.3) is 0 Å². The molecule has 0 atom stereocenters. The van der Waals surface area contributed by atoms with E-state index in [0.29, 0.717) is 23.6 Å². The van der Waals surface area contributed by atoms with Crippen molar-refractivity contribution in [2.75, 3.05) is 5.73 Å². The van der Waals surface area contributed by atoms with E-state index in [9.17, 15) is 8.78 Å². The molecule has 0 saturated heterocycles. The van der Waals surface area contributed by atoms with Crippen molar-refractivity contribution in [2.24, 2.45) is 0 Å². The first-order valence-corrected chi connectivity index (χ1v) is 8.90. The van der Waals surface area contributed by atoms with Gasteiger partial charge in [0.2, 0.25) is 0 Å². The van der Waals surface area contributed by atoms with Gasteiger partial charge in [-0.1, -0.05) is 29.4 Å². The average molecular weight is 393 g/mol. The van der Waals surface area contributed by atoms with Gasteiger partial charge in [-0.15, -0.1) is 0 Å². The molecule has 7 heteroatoms. The molecule has 29 heavy (non-hydrogen) atoms. The summed E-state index contributed by atoms with van der Waals surface area (Å²) in [5, 5.41) is 4.09. The van der Waals surface area contributed by atoms with E-state index in [2.05, 4.69) is 10.1 Å². The molecule has 2 N–H and O–H groups in total. The van der Waals surface area contributed by atoms with Crippen molar-refractivity contribution >= 4 is 5.82 Å². The lowest BCUT2D eigenvalue weighted by atomic mass is 10.1. The quantitative estimate of drug-likeness (QED) is 0.511. The number of halogens is 2. The molecule has 0 amide bonds. The predicted octanol–water partition coefficient (Wildman–Crippen LogP) is 4.77. The first-order chi connectivity index (χ1) is 14.1. The minimum absolute atomic E-state index is 0.112. The van der Waals surface area contributed by atoms with Crippen molar-refractivity contribution in [3.05, 3.63) is 95.3 Å². The van der Waals surface area contributed by atoms with Crippen LogP contribution in [0.15, 0.2) is 71.4 Å². The highest BCUT2D eigenvalue weighted by atomic mass is 19.1. The van der Waals surface area contributed by atoms with Crippen LogP contribution in [0.1, 0.15) is 16.8 Å². The smallest absolute Gasteiger partial charge is 0.170 e. The molecule has 146 valence electrons. The Bertz CT molecular complexity index is 1130. The number of nitrogens with two attached hydrogens (primary N) is 1. The van der Waals surface area contributed by atoms with Crippen LogP contribution in [0.2, 0.25) is 0 Å². The Morgan fingerprint density at radius 3 is 2.55 bits per heavy atom. The molecule has 2 aromatic heterocycles. The first-order valence-electron chi connectivity index (χ1n) is 8.90. The Kier molecular flexibility index (Phi) is 5.20. The molecule has 0 fully saturated rings. The molecular weight excluding hydrogens is 376 g/mol. The Hall–Kier alpha value is -3.74. The molecule has 0 saturated carbocycles. The molecule has 4 aromatic rings. The minimum Gasteiger partial charge on any atom is -0.486 e. The van der Waals surface area contributed by atoms with E-state index >= 15 is 0 Å². The fraction of sp³-hybridized carbons (Fsp3) is 0.0909. The fourth-order valence-electron chi connectivity index (χ4n) is 2.86. The molecule has 0 unspecified atom stereocenters. The van der Waals surface area contributed by atoms with Crippen LogP contribution in [-0.4, -0.2) is 10.1 Å². The van der Waals surface area contributed by atoms with E-state index in [0.717, 1.165) is 35.0 Å². The van der Waals surface area contributed by atoms with E-state index in [4.69, 9.17) is 15.0 Å².